The van der Waals surface area contributed by atoms with E-state index in [0.29, 0.717) is 4.47 Å². The van der Waals surface area contributed by atoms with Gasteiger partial charge in [-0.25, -0.2) is 31.6 Å². The molecule has 0 unspecified atom stereocenters. The van der Waals surface area contributed by atoms with Crippen LogP contribution >= 0.6 is 39.1 Å². The molecule has 1 saturated carbocycles. The van der Waals surface area contributed by atoms with Crippen LogP contribution in [0, 0.1) is 46.8 Å². The second-order valence-electron chi connectivity index (χ2n) is 10.7. The molecule has 0 bridgehead atoms. The molecule has 2 aliphatic carbocycles. The maximum Gasteiger partial charge on any atom is 0.328 e. The second-order valence-corrected chi connectivity index (χ2v) is 12.9. The molecule has 44 heavy (non-hydrogen) atoms. The van der Waals surface area contributed by atoms with Gasteiger partial charge in [-0.15, -0.1) is 23.2 Å². The minimum atomic E-state index is -2.80. The molecule has 3 N–H and O–H groups in total. The third kappa shape index (κ3) is 3.59. The Kier molecular flexibility index (Phi) is 6.73. The van der Waals surface area contributed by atoms with Crippen LogP contribution in [-0.2, 0) is 19.2 Å². The third-order valence-corrected chi connectivity index (χ3v) is 10.6. The summed E-state index contributed by atoms with van der Waals surface area (Å²) in [6.07, 6.45) is 0.451. The van der Waals surface area contributed by atoms with Crippen molar-refractivity contribution >= 4 is 74.5 Å². The maximum absolute atomic E-state index is 15.0. The Morgan fingerprint density at radius 3 is 2.11 bits per heavy atom. The lowest BCUT2D eigenvalue weighted by atomic mass is 9.56. The number of allylic oxidation sites excluding steroid dienone is 2. The van der Waals surface area contributed by atoms with E-state index in [4.69, 9.17) is 28.9 Å². The number of halogens is 8. The van der Waals surface area contributed by atoms with Crippen LogP contribution in [0.3, 0.4) is 0 Å². The molecular weight excluding hydrogens is 708 g/mol. The molecule has 230 valence electrons. The lowest BCUT2D eigenvalue weighted by Gasteiger charge is -2.50. The summed E-state index contributed by atoms with van der Waals surface area (Å²) in [4.78, 5) is 60.8. The topological polar surface area (TPSA) is 138 Å². The van der Waals surface area contributed by atoms with Crippen LogP contribution in [0.1, 0.15) is 24.3 Å². The zero-order chi connectivity index (χ0) is 32.4. The number of imide groups is 4. The summed E-state index contributed by atoms with van der Waals surface area (Å²) in [6.45, 7) is 0. The van der Waals surface area contributed by atoms with Crippen LogP contribution in [0.5, 0.6) is 5.75 Å². The standard InChI is InChI=1S/C27H15BrCl2F5N3O6/c28-7-1-4-12(39)10(5-7)14-8-2-3-9-13(22(41)38(21(9)40)25(36)44)11(8)6-26(29)23(42)37(24(43)27(14,26)30)20-18(34)16(32)15(31)17(33)19(20)35/h1-2,4-5,9,11,13-14,39H,3,6H2,(H2,36,44)/t9-,11+,13-,14+,26+,27-/m0/s1. The Morgan fingerprint density at radius 1 is 0.932 bits per heavy atom. The smallest absolute Gasteiger partial charge is 0.328 e. The summed E-state index contributed by atoms with van der Waals surface area (Å²) in [7, 11) is 0. The first-order valence-electron chi connectivity index (χ1n) is 12.6. The van der Waals surface area contributed by atoms with Crippen LogP contribution in [-0.4, -0.2) is 49.4 Å². The number of phenols is 1. The Balaban J connectivity index is 1.62. The van der Waals surface area contributed by atoms with E-state index in [1.807, 2.05) is 0 Å². The third-order valence-electron chi connectivity index (χ3n) is 8.74. The number of carbonyl (C=O) groups is 5. The van der Waals surface area contributed by atoms with Gasteiger partial charge in [0.2, 0.25) is 17.6 Å². The van der Waals surface area contributed by atoms with Gasteiger partial charge in [-0.3, -0.25) is 19.2 Å². The first-order chi connectivity index (χ1) is 20.5. The fourth-order valence-corrected chi connectivity index (χ4v) is 8.19. The number of hydrogen-bond donors (Lipinski definition) is 2. The van der Waals surface area contributed by atoms with Gasteiger partial charge in [0.05, 0.1) is 11.8 Å². The van der Waals surface area contributed by atoms with Gasteiger partial charge >= 0.3 is 6.03 Å². The molecule has 2 aromatic rings. The van der Waals surface area contributed by atoms with Gasteiger partial charge in [0.25, 0.3) is 11.8 Å². The van der Waals surface area contributed by atoms with Crippen LogP contribution in [0.2, 0.25) is 0 Å². The van der Waals surface area contributed by atoms with E-state index in [9.17, 15) is 42.3 Å². The molecule has 0 radical (unpaired) electrons. The van der Waals surface area contributed by atoms with E-state index in [1.54, 1.807) is 0 Å². The number of fused-ring (bicyclic) bond motifs is 4. The van der Waals surface area contributed by atoms with Crippen LogP contribution < -0.4 is 10.6 Å². The minimum Gasteiger partial charge on any atom is -0.508 e. The highest BCUT2D eigenvalue weighted by atomic mass is 79.9. The summed E-state index contributed by atoms with van der Waals surface area (Å²) >= 11 is 17.1. The average Bonchev–Trinajstić information content (AvgIpc) is 3.31. The van der Waals surface area contributed by atoms with Gasteiger partial charge in [-0.1, -0.05) is 27.6 Å². The number of anilines is 1. The van der Waals surface area contributed by atoms with Gasteiger partial charge in [-0.2, -0.15) is 4.90 Å². The first kappa shape index (κ1) is 30.5. The molecule has 0 aromatic heterocycles. The van der Waals surface area contributed by atoms with Gasteiger partial charge in [0.15, 0.2) is 33.0 Å². The number of amides is 6. The number of hydrogen-bond acceptors (Lipinski definition) is 6. The number of phenolic OH excluding ortho intramolecular Hbond substituents is 1. The van der Waals surface area contributed by atoms with Gasteiger partial charge < -0.3 is 10.8 Å². The minimum absolute atomic E-state index is 0.0961. The van der Waals surface area contributed by atoms with Crippen molar-refractivity contribution < 1.29 is 51.0 Å². The van der Waals surface area contributed by atoms with Crippen molar-refractivity contribution in [2.45, 2.75) is 28.5 Å². The Morgan fingerprint density at radius 2 is 1.52 bits per heavy atom. The SMILES string of the molecule is NC(=O)N1C(=O)[C@H]2[C@H](CC=C3[C@H]2C[C@@]2(Cl)C(=O)N(c4c(F)c(F)c(F)c(F)c4F)C(=O)[C@@]2(Cl)[C@H]3c2cc(Br)ccc2O)C1=O. The lowest BCUT2D eigenvalue weighted by Crippen LogP contribution is -2.60. The fraction of sp³-hybridized carbons (Fsp3) is 0.296. The summed E-state index contributed by atoms with van der Waals surface area (Å²) in [5, 5.41) is 10.9. The first-order valence-corrected chi connectivity index (χ1v) is 14.2. The number of carbonyl (C=O) groups excluding carboxylic acids is 5. The molecule has 9 nitrogen and oxygen atoms in total. The molecule has 6 atom stereocenters. The summed E-state index contributed by atoms with van der Waals surface area (Å²) in [5.41, 5.74) is 3.25. The largest absolute Gasteiger partial charge is 0.508 e. The highest BCUT2D eigenvalue weighted by Gasteiger charge is 2.77. The number of aromatic hydroxyl groups is 1. The fourth-order valence-electron chi connectivity index (χ4n) is 6.89. The number of urea groups is 1. The van der Waals surface area contributed by atoms with Gasteiger partial charge in [0, 0.05) is 16.0 Å². The van der Waals surface area contributed by atoms with E-state index >= 15 is 8.78 Å². The number of alkyl halides is 2. The normalized spacial score (nSPS) is 31.2. The van der Waals surface area contributed by atoms with Gasteiger partial charge in [0.1, 0.15) is 11.4 Å². The zero-order valence-electron chi connectivity index (χ0n) is 21.5. The van der Waals surface area contributed by atoms with Gasteiger partial charge in [-0.05, 0) is 37.0 Å². The van der Waals surface area contributed by atoms with E-state index < -0.39 is 110 Å². The Bertz CT molecular complexity index is 1780. The molecule has 2 saturated heterocycles. The summed E-state index contributed by atoms with van der Waals surface area (Å²) < 4.78 is 72.7. The second kappa shape index (κ2) is 9.72. The molecule has 17 heteroatoms. The average molecular weight is 723 g/mol. The highest BCUT2D eigenvalue weighted by Crippen LogP contribution is 2.66. The maximum atomic E-state index is 15.0. The van der Waals surface area contributed by atoms with Crippen molar-refractivity contribution in [2.75, 3.05) is 4.90 Å². The molecule has 6 rings (SSSR count). The monoisotopic (exact) mass is 721 g/mol. The van der Waals surface area contributed by atoms with Crippen LogP contribution in [0.4, 0.5) is 32.4 Å². The van der Waals surface area contributed by atoms with Crippen molar-refractivity contribution in [3.8, 4) is 5.75 Å². The van der Waals surface area contributed by atoms with E-state index in [2.05, 4.69) is 15.9 Å². The lowest BCUT2D eigenvalue weighted by molar-refractivity contribution is -0.136. The molecule has 6 amide bonds. The number of rotatable bonds is 2. The molecule has 2 heterocycles. The van der Waals surface area contributed by atoms with Crippen LogP contribution in [0.25, 0.3) is 0 Å². The molecule has 3 fully saturated rings. The Labute approximate surface area is 261 Å². The van der Waals surface area contributed by atoms with Crippen molar-refractivity contribution in [1.82, 2.24) is 4.90 Å². The molecular formula is C27H15BrCl2F5N3O6. The predicted octanol–water partition coefficient (Wildman–Crippen LogP) is 4.49. The molecule has 0 spiro atoms. The van der Waals surface area contributed by atoms with E-state index in [0.717, 1.165) is 0 Å². The Hall–Kier alpha value is -3.56. The van der Waals surface area contributed by atoms with E-state index in [1.165, 1.54) is 24.3 Å². The number of primary amides is 1. The summed E-state index contributed by atoms with van der Waals surface area (Å²) in [6, 6.07) is 2.48. The number of nitrogens with zero attached hydrogens (tertiary/aromatic N) is 2. The number of likely N-dealkylation sites (tertiary alicyclic amines) is 1. The number of benzene rings is 2. The molecule has 4 aliphatic rings. The van der Waals surface area contributed by atoms with Crippen molar-refractivity contribution in [3.63, 3.8) is 0 Å². The quantitative estimate of drug-likeness (QED) is 0.117. The predicted molar refractivity (Wildman–Crippen MR) is 144 cm³/mol. The highest BCUT2D eigenvalue weighted by molar-refractivity contribution is 9.10. The summed E-state index contributed by atoms with van der Waals surface area (Å²) in [5.74, 6) is -23.8. The molecule has 2 aliphatic heterocycles. The van der Waals surface area contributed by atoms with Crippen molar-refractivity contribution in [2.24, 2.45) is 23.5 Å². The van der Waals surface area contributed by atoms with Crippen molar-refractivity contribution in [1.29, 1.82) is 0 Å². The van der Waals surface area contributed by atoms with Crippen molar-refractivity contribution in [3.05, 3.63) is 69.0 Å². The van der Waals surface area contributed by atoms with Crippen LogP contribution in [0.15, 0.2) is 34.3 Å². The zero-order valence-corrected chi connectivity index (χ0v) is 24.6. The molecule has 2 aromatic carbocycles. The number of nitrogens with two attached hydrogens (primary N) is 1. The van der Waals surface area contributed by atoms with E-state index in [-0.39, 0.29) is 27.4 Å².